The van der Waals surface area contributed by atoms with Gasteiger partial charge in [-0.25, -0.2) is 8.42 Å². The number of hydrogen-bond acceptors (Lipinski definition) is 4. The summed E-state index contributed by atoms with van der Waals surface area (Å²) in [6.45, 7) is 1.65. The van der Waals surface area contributed by atoms with Crippen LogP contribution in [0.5, 0.6) is 0 Å². The van der Waals surface area contributed by atoms with Crippen LogP contribution in [0.2, 0.25) is 0 Å². The molecule has 1 heterocycles. The molecule has 0 saturated carbocycles. The highest BCUT2D eigenvalue weighted by molar-refractivity contribution is 7.91. The first-order valence-corrected chi connectivity index (χ1v) is 9.75. The van der Waals surface area contributed by atoms with Gasteiger partial charge in [0.25, 0.3) is 0 Å². The molecule has 1 aliphatic heterocycles. The minimum Gasteiger partial charge on any atom is -0.344 e. The number of alkyl halides is 3. The molecule has 1 fully saturated rings. The van der Waals surface area contributed by atoms with Crippen LogP contribution < -0.4 is 5.32 Å². The third-order valence-electron chi connectivity index (χ3n) is 4.05. The van der Waals surface area contributed by atoms with E-state index in [0.29, 0.717) is 5.56 Å². The number of halogens is 3. The van der Waals surface area contributed by atoms with Gasteiger partial charge in [-0.15, -0.1) is 0 Å². The fraction of sp³-hybridized carbons (Fsp3) is 0.500. The van der Waals surface area contributed by atoms with E-state index in [1.165, 1.54) is 24.0 Å². The molecule has 0 aromatic heterocycles. The van der Waals surface area contributed by atoms with Crippen molar-refractivity contribution < 1.29 is 31.2 Å². The molecule has 1 unspecified atom stereocenters. The molecule has 2 rings (SSSR count). The number of carbonyl (C=O) groups excluding carboxylic acids is 2. The first-order chi connectivity index (χ1) is 12.0. The van der Waals surface area contributed by atoms with E-state index in [4.69, 9.17) is 0 Å². The van der Waals surface area contributed by atoms with E-state index in [-0.39, 0.29) is 36.9 Å². The highest BCUT2D eigenvalue weighted by Crippen LogP contribution is 2.29. The third-order valence-corrected chi connectivity index (χ3v) is 5.66. The van der Waals surface area contributed by atoms with Gasteiger partial charge in [-0.05, 0) is 24.6 Å². The van der Waals surface area contributed by atoms with Crippen LogP contribution in [0.3, 0.4) is 0 Å². The van der Waals surface area contributed by atoms with Crippen molar-refractivity contribution in [2.75, 3.05) is 24.6 Å². The molecular weight excluding hydrogens is 373 g/mol. The first-order valence-electron chi connectivity index (χ1n) is 7.93. The van der Waals surface area contributed by atoms with Crippen LogP contribution in [-0.2, 0) is 32.0 Å². The lowest BCUT2D eigenvalue weighted by Gasteiger charge is -2.29. The molecule has 1 aliphatic rings. The zero-order valence-corrected chi connectivity index (χ0v) is 14.9. The predicted octanol–water partition coefficient (Wildman–Crippen LogP) is 1.01. The van der Waals surface area contributed by atoms with Crippen LogP contribution in [-0.4, -0.2) is 55.8 Å². The Morgan fingerprint density at radius 1 is 1.15 bits per heavy atom. The summed E-state index contributed by atoms with van der Waals surface area (Å²) >= 11 is 0. The Bertz CT molecular complexity index is 762. The Hall–Kier alpha value is -2.10. The lowest BCUT2D eigenvalue weighted by atomic mass is 10.1. The highest BCUT2D eigenvalue weighted by Gasteiger charge is 2.30. The number of carbonyl (C=O) groups is 2. The second-order valence-corrected chi connectivity index (χ2v) is 8.44. The van der Waals surface area contributed by atoms with Crippen molar-refractivity contribution in [2.24, 2.45) is 0 Å². The van der Waals surface area contributed by atoms with E-state index in [1.54, 1.807) is 0 Å². The molecule has 1 aromatic carbocycles. The van der Waals surface area contributed by atoms with Crippen molar-refractivity contribution in [3.63, 3.8) is 0 Å². The van der Waals surface area contributed by atoms with Gasteiger partial charge in [0.1, 0.15) is 6.04 Å². The fourth-order valence-electron chi connectivity index (χ4n) is 2.56. The maximum Gasteiger partial charge on any atom is 0.416 e. The van der Waals surface area contributed by atoms with Gasteiger partial charge < -0.3 is 10.2 Å². The molecule has 6 nitrogen and oxygen atoms in total. The normalized spacial score (nSPS) is 18.2. The van der Waals surface area contributed by atoms with Crippen LogP contribution in [0.25, 0.3) is 0 Å². The highest BCUT2D eigenvalue weighted by atomic mass is 32.2. The average Bonchev–Trinajstić information content (AvgIpc) is 2.53. The van der Waals surface area contributed by atoms with E-state index in [2.05, 4.69) is 5.32 Å². The molecule has 2 amide bonds. The molecule has 26 heavy (non-hydrogen) atoms. The Labute approximate surface area is 149 Å². The topological polar surface area (TPSA) is 83.6 Å². The monoisotopic (exact) mass is 392 g/mol. The zero-order chi connectivity index (χ0) is 19.5. The van der Waals surface area contributed by atoms with Gasteiger partial charge in [0, 0.05) is 13.1 Å². The van der Waals surface area contributed by atoms with Gasteiger partial charge in [-0.2, -0.15) is 13.2 Å². The fourth-order valence-corrected chi connectivity index (χ4v) is 3.76. The SMILES string of the molecule is CC(NC(=O)Cc1ccc(C(F)(F)F)cc1)C(=O)N1CCS(=O)(=O)CC1. The summed E-state index contributed by atoms with van der Waals surface area (Å²) in [5.41, 5.74) is -0.413. The van der Waals surface area contributed by atoms with Crippen LogP contribution in [0.15, 0.2) is 24.3 Å². The summed E-state index contributed by atoms with van der Waals surface area (Å²) in [6.07, 6.45) is -4.60. The maximum absolute atomic E-state index is 12.5. The maximum atomic E-state index is 12.5. The Kier molecular flexibility index (Phi) is 5.94. The number of hydrogen-bond donors (Lipinski definition) is 1. The number of benzene rings is 1. The van der Waals surface area contributed by atoms with Gasteiger partial charge in [0.05, 0.1) is 23.5 Å². The number of amides is 2. The summed E-state index contributed by atoms with van der Waals surface area (Å²) in [6, 6.07) is 3.36. The standard InChI is InChI=1S/C16H19F3N2O4S/c1-11(15(23)21-6-8-26(24,25)9-7-21)20-14(22)10-12-2-4-13(5-3-12)16(17,18)19/h2-5,11H,6-10H2,1H3,(H,20,22). The van der Waals surface area contributed by atoms with Crippen molar-refractivity contribution in [3.05, 3.63) is 35.4 Å². The van der Waals surface area contributed by atoms with E-state index < -0.39 is 33.5 Å². The van der Waals surface area contributed by atoms with Crippen molar-refractivity contribution in [2.45, 2.75) is 25.6 Å². The van der Waals surface area contributed by atoms with Gasteiger partial charge >= 0.3 is 6.18 Å². The minimum absolute atomic E-state index is 0.0836. The van der Waals surface area contributed by atoms with Gasteiger partial charge in [-0.3, -0.25) is 9.59 Å². The number of nitrogens with zero attached hydrogens (tertiary/aromatic N) is 1. The molecular formula is C16H19F3N2O4S. The van der Waals surface area contributed by atoms with Crippen LogP contribution in [0.4, 0.5) is 13.2 Å². The van der Waals surface area contributed by atoms with E-state index in [9.17, 15) is 31.2 Å². The number of rotatable bonds is 4. The largest absolute Gasteiger partial charge is 0.416 e. The van der Waals surface area contributed by atoms with Crippen LogP contribution in [0.1, 0.15) is 18.1 Å². The van der Waals surface area contributed by atoms with Gasteiger partial charge in [-0.1, -0.05) is 12.1 Å². The van der Waals surface area contributed by atoms with E-state index in [0.717, 1.165) is 12.1 Å². The predicted molar refractivity (Wildman–Crippen MR) is 88.0 cm³/mol. The molecule has 0 radical (unpaired) electrons. The van der Waals surface area contributed by atoms with Gasteiger partial charge in [0.15, 0.2) is 9.84 Å². The van der Waals surface area contributed by atoms with Crippen molar-refractivity contribution in [3.8, 4) is 0 Å². The number of sulfone groups is 1. The minimum atomic E-state index is -4.44. The van der Waals surface area contributed by atoms with Crippen molar-refractivity contribution >= 4 is 21.7 Å². The van der Waals surface area contributed by atoms with Crippen molar-refractivity contribution in [1.29, 1.82) is 0 Å². The summed E-state index contributed by atoms with van der Waals surface area (Å²) < 4.78 is 60.3. The smallest absolute Gasteiger partial charge is 0.344 e. The number of nitrogens with one attached hydrogen (secondary N) is 1. The van der Waals surface area contributed by atoms with E-state index in [1.807, 2.05) is 0 Å². The summed E-state index contributed by atoms with van der Waals surface area (Å²) in [7, 11) is -3.11. The quantitative estimate of drug-likeness (QED) is 0.829. The van der Waals surface area contributed by atoms with Crippen molar-refractivity contribution in [1.82, 2.24) is 10.2 Å². The lowest BCUT2D eigenvalue weighted by molar-refractivity contribution is -0.137. The first kappa shape index (κ1) is 20.2. The summed E-state index contributed by atoms with van der Waals surface area (Å²) in [5.74, 6) is -1.11. The molecule has 1 aromatic rings. The Balaban J connectivity index is 1.88. The molecule has 1 saturated heterocycles. The summed E-state index contributed by atoms with van der Waals surface area (Å²) in [4.78, 5) is 25.6. The van der Waals surface area contributed by atoms with Crippen LogP contribution in [0, 0.1) is 0 Å². The summed E-state index contributed by atoms with van der Waals surface area (Å²) in [5, 5.41) is 2.49. The second kappa shape index (κ2) is 7.65. The Morgan fingerprint density at radius 2 is 1.69 bits per heavy atom. The zero-order valence-electron chi connectivity index (χ0n) is 14.0. The second-order valence-electron chi connectivity index (χ2n) is 6.14. The molecule has 1 N–H and O–H groups in total. The molecule has 1 atom stereocenters. The molecule has 0 spiro atoms. The molecule has 0 bridgehead atoms. The molecule has 144 valence electrons. The van der Waals surface area contributed by atoms with E-state index >= 15 is 0 Å². The van der Waals surface area contributed by atoms with Crippen LogP contribution >= 0.6 is 0 Å². The average molecular weight is 392 g/mol. The third kappa shape index (κ3) is 5.45. The lowest BCUT2D eigenvalue weighted by Crippen LogP contribution is -2.51. The van der Waals surface area contributed by atoms with Gasteiger partial charge in [0.2, 0.25) is 11.8 Å². The molecule has 0 aliphatic carbocycles. The molecule has 10 heteroatoms. The Morgan fingerprint density at radius 3 is 2.19 bits per heavy atom.